The minimum atomic E-state index is 0.527. The molecule has 2 aromatic heterocycles. The van der Waals surface area contributed by atoms with Crippen molar-refractivity contribution >= 4 is 39.8 Å². The number of benzene rings is 1. The highest BCUT2D eigenvalue weighted by Gasteiger charge is 2.17. The van der Waals surface area contributed by atoms with Gasteiger partial charge in [0.25, 0.3) is 0 Å². The molecule has 0 saturated carbocycles. The van der Waals surface area contributed by atoms with Gasteiger partial charge in [0, 0.05) is 5.75 Å². The fourth-order valence-electron chi connectivity index (χ4n) is 2.31. The molecule has 1 aromatic carbocycles. The number of hydrogen-bond donors (Lipinski definition) is 1. The van der Waals surface area contributed by atoms with Crippen LogP contribution in [0.4, 0.5) is 5.13 Å². The number of aromatic nitrogens is 2. The maximum atomic E-state index is 6.26. The van der Waals surface area contributed by atoms with E-state index in [-0.39, 0.29) is 0 Å². The van der Waals surface area contributed by atoms with Gasteiger partial charge in [0.05, 0.1) is 17.8 Å². The third-order valence-corrected chi connectivity index (χ3v) is 5.79. The van der Waals surface area contributed by atoms with Gasteiger partial charge in [0.2, 0.25) is 5.13 Å². The van der Waals surface area contributed by atoms with Crippen molar-refractivity contribution in [1.82, 2.24) is 10.2 Å². The molecule has 9 heteroatoms. The van der Waals surface area contributed by atoms with E-state index in [1.807, 2.05) is 24.3 Å². The molecule has 1 aliphatic heterocycles. The van der Waals surface area contributed by atoms with Gasteiger partial charge in [-0.1, -0.05) is 34.7 Å². The Morgan fingerprint density at radius 3 is 3.04 bits per heavy atom. The Kier molecular flexibility index (Phi) is 5.00. The summed E-state index contributed by atoms with van der Waals surface area (Å²) in [7, 11) is 0. The molecule has 3 aromatic rings. The summed E-state index contributed by atoms with van der Waals surface area (Å²) in [6, 6.07) is 7.63. The highest BCUT2D eigenvalue weighted by Crippen LogP contribution is 2.40. The van der Waals surface area contributed by atoms with Crippen molar-refractivity contribution in [1.29, 1.82) is 0 Å². The Bertz CT molecular complexity index is 854. The highest BCUT2D eigenvalue weighted by molar-refractivity contribution is 8.00. The second kappa shape index (κ2) is 7.55. The van der Waals surface area contributed by atoms with Crippen LogP contribution in [0.3, 0.4) is 0 Å². The summed E-state index contributed by atoms with van der Waals surface area (Å²) in [5.74, 6) is 2.91. The fourth-order valence-corrected chi connectivity index (χ4v) is 4.27. The SMILES string of the molecule is Clc1cc(CSc2nnc(NCc3ccco3)s2)cc2c1OCCO2. The van der Waals surface area contributed by atoms with E-state index in [9.17, 15) is 0 Å². The van der Waals surface area contributed by atoms with Gasteiger partial charge in [-0.2, -0.15) is 0 Å². The number of ether oxygens (including phenoxy) is 2. The molecule has 0 unspecified atom stereocenters. The Morgan fingerprint density at radius 2 is 2.16 bits per heavy atom. The van der Waals surface area contributed by atoms with Gasteiger partial charge in [0.1, 0.15) is 19.0 Å². The van der Waals surface area contributed by atoms with Crippen LogP contribution < -0.4 is 14.8 Å². The Hall–Kier alpha value is -1.90. The molecule has 1 N–H and O–H groups in total. The van der Waals surface area contributed by atoms with Crippen molar-refractivity contribution < 1.29 is 13.9 Å². The number of anilines is 1. The molecule has 0 saturated heterocycles. The number of halogens is 1. The zero-order valence-corrected chi connectivity index (χ0v) is 15.4. The smallest absolute Gasteiger partial charge is 0.206 e. The number of furan rings is 1. The molecule has 0 fully saturated rings. The third kappa shape index (κ3) is 4.02. The Morgan fingerprint density at radius 1 is 1.24 bits per heavy atom. The second-order valence-electron chi connectivity index (χ2n) is 5.20. The zero-order valence-electron chi connectivity index (χ0n) is 13.0. The van der Waals surface area contributed by atoms with Gasteiger partial charge in [-0.05, 0) is 29.8 Å². The third-order valence-electron chi connectivity index (χ3n) is 3.42. The predicted molar refractivity (Wildman–Crippen MR) is 97.9 cm³/mol. The molecule has 1 aliphatic rings. The minimum absolute atomic E-state index is 0.527. The van der Waals surface area contributed by atoms with Gasteiger partial charge in [-0.3, -0.25) is 0 Å². The molecular weight excluding hydrogens is 382 g/mol. The van der Waals surface area contributed by atoms with E-state index in [1.165, 1.54) is 11.3 Å². The molecule has 25 heavy (non-hydrogen) atoms. The number of nitrogens with zero attached hydrogens (tertiary/aromatic N) is 2. The lowest BCUT2D eigenvalue weighted by molar-refractivity contribution is 0.171. The van der Waals surface area contributed by atoms with Crippen molar-refractivity contribution in [2.75, 3.05) is 18.5 Å². The summed E-state index contributed by atoms with van der Waals surface area (Å²) in [4.78, 5) is 0. The first kappa shape index (κ1) is 16.6. The number of hydrogen-bond acceptors (Lipinski definition) is 8. The summed E-state index contributed by atoms with van der Waals surface area (Å²) >= 11 is 9.37. The first-order valence-corrected chi connectivity index (χ1v) is 9.76. The van der Waals surface area contributed by atoms with E-state index in [4.69, 9.17) is 25.5 Å². The average Bonchev–Trinajstić information content (AvgIpc) is 3.30. The van der Waals surface area contributed by atoms with E-state index < -0.39 is 0 Å². The molecule has 0 atom stereocenters. The minimum Gasteiger partial charge on any atom is -0.486 e. The Balaban J connectivity index is 1.36. The predicted octanol–water partition coefficient (Wildman–Crippen LogP) is 4.46. The molecule has 3 heterocycles. The lowest BCUT2D eigenvalue weighted by Gasteiger charge is -2.20. The first-order valence-electron chi connectivity index (χ1n) is 7.58. The molecule has 0 radical (unpaired) electrons. The largest absolute Gasteiger partial charge is 0.486 e. The molecule has 0 spiro atoms. The number of rotatable bonds is 6. The van der Waals surface area contributed by atoms with Gasteiger partial charge < -0.3 is 19.2 Å². The van der Waals surface area contributed by atoms with Gasteiger partial charge in [-0.15, -0.1) is 10.2 Å². The van der Waals surface area contributed by atoms with E-state index in [0.29, 0.717) is 36.3 Å². The quantitative estimate of drug-likeness (QED) is 0.618. The van der Waals surface area contributed by atoms with Crippen LogP contribution in [0.5, 0.6) is 11.5 Å². The number of fused-ring (bicyclic) bond motifs is 1. The van der Waals surface area contributed by atoms with Crippen LogP contribution in [0.15, 0.2) is 39.3 Å². The molecule has 0 amide bonds. The summed E-state index contributed by atoms with van der Waals surface area (Å²) in [6.07, 6.45) is 1.65. The monoisotopic (exact) mass is 395 g/mol. The molecule has 130 valence electrons. The van der Waals surface area contributed by atoms with E-state index in [0.717, 1.165) is 26.5 Å². The lowest BCUT2D eigenvalue weighted by atomic mass is 10.2. The van der Waals surface area contributed by atoms with Gasteiger partial charge in [0.15, 0.2) is 15.8 Å². The van der Waals surface area contributed by atoms with Crippen molar-refractivity contribution in [2.45, 2.75) is 16.6 Å². The van der Waals surface area contributed by atoms with Crippen LogP contribution in [0.2, 0.25) is 5.02 Å². The summed E-state index contributed by atoms with van der Waals surface area (Å²) in [5.41, 5.74) is 1.06. The van der Waals surface area contributed by atoms with E-state index >= 15 is 0 Å². The second-order valence-corrected chi connectivity index (χ2v) is 7.80. The zero-order chi connectivity index (χ0) is 17.1. The van der Waals surface area contributed by atoms with Gasteiger partial charge >= 0.3 is 0 Å². The molecular formula is C16H14ClN3O3S2. The lowest BCUT2D eigenvalue weighted by Crippen LogP contribution is -2.15. The van der Waals surface area contributed by atoms with E-state index in [1.54, 1.807) is 18.0 Å². The van der Waals surface area contributed by atoms with Gasteiger partial charge in [-0.25, -0.2) is 0 Å². The first-order chi connectivity index (χ1) is 12.3. The normalized spacial score (nSPS) is 13.0. The number of thioether (sulfide) groups is 1. The number of nitrogens with one attached hydrogen (secondary N) is 1. The molecule has 4 rings (SSSR count). The van der Waals surface area contributed by atoms with Crippen LogP contribution in [-0.2, 0) is 12.3 Å². The highest BCUT2D eigenvalue weighted by atomic mass is 35.5. The average molecular weight is 396 g/mol. The maximum Gasteiger partial charge on any atom is 0.206 e. The van der Waals surface area contributed by atoms with Crippen LogP contribution >= 0.6 is 34.7 Å². The van der Waals surface area contributed by atoms with Crippen LogP contribution in [0, 0.1) is 0 Å². The summed E-state index contributed by atoms with van der Waals surface area (Å²) in [5, 5.41) is 12.9. The summed E-state index contributed by atoms with van der Waals surface area (Å²) in [6.45, 7) is 1.66. The van der Waals surface area contributed by atoms with Crippen molar-refractivity contribution in [2.24, 2.45) is 0 Å². The van der Waals surface area contributed by atoms with Crippen molar-refractivity contribution in [3.63, 3.8) is 0 Å². The van der Waals surface area contributed by atoms with Crippen molar-refractivity contribution in [3.8, 4) is 11.5 Å². The fraction of sp³-hybridized carbons (Fsp3) is 0.250. The van der Waals surface area contributed by atoms with Crippen LogP contribution in [0.25, 0.3) is 0 Å². The van der Waals surface area contributed by atoms with Crippen LogP contribution in [-0.4, -0.2) is 23.4 Å². The van der Waals surface area contributed by atoms with Crippen molar-refractivity contribution in [3.05, 3.63) is 46.9 Å². The Labute approximate surface area is 157 Å². The van der Waals surface area contributed by atoms with Crippen LogP contribution in [0.1, 0.15) is 11.3 Å². The molecule has 0 aliphatic carbocycles. The molecule has 0 bridgehead atoms. The maximum absolute atomic E-state index is 6.26. The molecule has 6 nitrogen and oxygen atoms in total. The topological polar surface area (TPSA) is 69.4 Å². The standard InChI is InChI=1S/C16H14ClN3O3S2/c17-12-6-10(7-13-14(12)23-5-4-22-13)9-24-16-20-19-15(25-16)18-8-11-2-1-3-21-11/h1-3,6-7H,4-5,8-9H2,(H,18,19). The van der Waals surface area contributed by atoms with E-state index in [2.05, 4.69) is 15.5 Å². The summed E-state index contributed by atoms with van der Waals surface area (Å²) < 4.78 is 17.3.